The standard InChI is InChI=1S/C16H24Cl2N2O2/c1-12-10-19(6-7-20(12)11-13(2)21)8-9-22-16-14(17)4-3-5-15(16)18/h3-5,12-13,21H,6-11H2,1-2H3. The van der Waals surface area contributed by atoms with Crippen molar-refractivity contribution >= 4 is 23.2 Å². The highest BCUT2D eigenvalue weighted by Crippen LogP contribution is 2.32. The Labute approximate surface area is 142 Å². The monoisotopic (exact) mass is 346 g/mol. The lowest BCUT2D eigenvalue weighted by Crippen LogP contribution is -2.54. The number of hydrogen-bond donors (Lipinski definition) is 1. The summed E-state index contributed by atoms with van der Waals surface area (Å²) in [5.74, 6) is 0.562. The molecular weight excluding hydrogens is 323 g/mol. The third-order valence-corrected chi connectivity index (χ3v) is 4.52. The molecule has 0 aliphatic carbocycles. The molecule has 0 amide bonds. The van der Waals surface area contributed by atoms with Crippen molar-refractivity contribution in [2.75, 3.05) is 39.3 Å². The minimum absolute atomic E-state index is 0.278. The van der Waals surface area contributed by atoms with Gasteiger partial charge in [0.1, 0.15) is 6.61 Å². The first-order valence-corrected chi connectivity index (χ1v) is 8.44. The van der Waals surface area contributed by atoms with E-state index >= 15 is 0 Å². The van der Waals surface area contributed by atoms with Gasteiger partial charge < -0.3 is 9.84 Å². The van der Waals surface area contributed by atoms with Gasteiger partial charge in [0.25, 0.3) is 0 Å². The number of aliphatic hydroxyl groups is 1. The molecule has 2 unspecified atom stereocenters. The van der Waals surface area contributed by atoms with E-state index in [1.165, 1.54) is 0 Å². The Bertz CT molecular complexity index is 465. The molecule has 1 aliphatic heterocycles. The fourth-order valence-electron chi connectivity index (χ4n) is 2.78. The molecule has 0 saturated carbocycles. The van der Waals surface area contributed by atoms with Gasteiger partial charge in [0.05, 0.1) is 16.1 Å². The fraction of sp³-hybridized carbons (Fsp3) is 0.625. The normalized spacial score (nSPS) is 21.8. The van der Waals surface area contributed by atoms with Crippen LogP contribution < -0.4 is 4.74 Å². The van der Waals surface area contributed by atoms with E-state index in [9.17, 15) is 5.11 Å². The van der Waals surface area contributed by atoms with E-state index in [0.29, 0.717) is 28.4 Å². The van der Waals surface area contributed by atoms with Crippen LogP contribution in [0.2, 0.25) is 10.0 Å². The zero-order valence-electron chi connectivity index (χ0n) is 13.1. The van der Waals surface area contributed by atoms with E-state index in [0.717, 1.165) is 32.7 Å². The molecule has 22 heavy (non-hydrogen) atoms. The second-order valence-corrected chi connectivity index (χ2v) is 6.71. The summed E-state index contributed by atoms with van der Waals surface area (Å²) in [5, 5.41) is 10.6. The number of ether oxygens (including phenoxy) is 1. The molecule has 1 fully saturated rings. The summed E-state index contributed by atoms with van der Waals surface area (Å²) in [6.45, 7) is 9.10. The Balaban J connectivity index is 1.77. The van der Waals surface area contributed by atoms with Crippen molar-refractivity contribution in [1.29, 1.82) is 0 Å². The highest BCUT2D eigenvalue weighted by Gasteiger charge is 2.24. The molecule has 1 heterocycles. The van der Waals surface area contributed by atoms with Gasteiger partial charge in [-0.1, -0.05) is 29.3 Å². The Hall–Kier alpha value is -0.520. The first kappa shape index (κ1) is 17.8. The maximum Gasteiger partial charge on any atom is 0.156 e. The van der Waals surface area contributed by atoms with Crippen LogP contribution in [0.1, 0.15) is 13.8 Å². The van der Waals surface area contributed by atoms with Crippen LogP contribution in [0.5, 0.6) is 5.75 Å². The number of para-hydroxylation sites is 1. The van der Waals surface area contributed by atoms with Crippen molar-refractivity contribution in [3.05, 3.63) is 28.2 Å². The molecule has 6 heteroatoms. The Morgan fingerprint density at radius 2 is 2.00 bits per heavy atom. The summed E-state index contributed by atoms with van der Waals surface area (Å²) >= 11 is 12.2. The molecule has 0 aromatic heterocycles. The molecule has 4 nitrogen and oxygen atoms in total. The second-order valence-electron chi connectivity index (χ2n) is 5.89. The smallest absolute Gasteiger partial charge is 0.156 e. The van der Waals surface area contributed by atoms with Gasteiger partial charge in [0.15, 0.2) is 5.75 Å². The van der Waals surface area contributed by atoms with Crippen molar-refractivity contribution in [3.8, 4) is 5.75 Å². The summed E-state index contributed by atoms with van der Waals surface area (Å²) in [4.78, 5) is 4.70. The summed E-state index contributed by atoms with van der Waals surface area (Å²) in [7, 11) is 0. The Kier molecular flexibility index (Phi) is 6.78. The lowest BCUT2D eigenvalue weighted by atomic mass is 10.1. The van der Waals surface area contributed by atoms with E-state index in [1.54, 1.807) is 18.2 Å². The molecule has 1 aromatic carbocycles. The molecule has 2 atom stereocenters. The second kappa shape index (κ2) is 8.37. The zero-order valence-corrected chi connectivity index (χ0v) is 14.6. The van der Waals surface area contributed by atoms with Crippen LogP contribution in [0.25, 0.3) is 0 Å². The first-order chi connectivity index (χ1) is 10.5. The highest BCUT2D eigenvalue weighted by molar-refractivity contribution is 6.37. The molecule has 1 N–H and O–H groups in total. The van der Waals surface area contributed by atoms with Gasteiger partial charge in [-0.3, -0.25) is 9.80 Å². The van der Waals surface area contributed by atoms with Gasteiger partial charge in [-0.2, -0.15) is 0 Å². The van der Waals surface area contributed by atoms with E-state index in [-0.39, 0.29) is 6.10 Å². The van der Waals surface area contributed by atoms with E-state index in [4.69, 9.17) is 27.9 Å². The van der Waals surface area contributed by atoms with Crippen molar-refractivity contribution in [2.24, 2.45) is 0 Å². The van der Waals surface area contributed by atoms with Crippen LogP contribution in [-0.4, -0.2) is 66.4 Å². The van der Waals surface area contributed by atoms with Crippen LogP contribution in [0.3, 0.4) is 0 Å². The van der Waals surface area contributed by atoms with Gasteiger partial charge in [-0.05, 0) is 26.0 Å². The third-order valence-electron chi connectivity index (χ3n) is 3.92. The maximum absolute atomic E-state index is 9.51. The molecule has 0 spiro atoms. The van der Waals surface area contributed by atoms with Crippen molar-refractivity contribution in [3.63, 3.8) is 0 Å². The Morgan fingerprint density at radius 3 is 2.59 bits per heavy atom. The number of piperazine rings is 1. The average molecular weight is 347 g/mol. The van der Waals surface area contributed by atoms with Gasteiger partial charge in [0, 0.05) is 38.8 Å². The predicted molar refractivity (Wildman–Crippen MR) is 91.1 cm³/mol. The van der Waals surface area contributed by atoms with Gasteiger partial charge in [-0.15, -0.1) is 0 Å². The SMILES string of the molecule is CC(O)CN1CCN(CCOc2c(Cl)cccc2Cl)CC1C. The Morgan fingerprint density at radius 1 is 1.32 bits per heavy atom. The number of hydrogen-bond acceptors (Lipinski definition) is 4. The molecule has 0 bridgehead atoms. The minimum atomic E-state index is -0.278. The van der Waals surface area contributed by atoms with Gasteiger partial charge >= 0.3 is 0 Å². The number of β-amino-alcohol motifs (C(OH)–C–C–N with tert-alkyl or cyclic N) is 1. The number of benzene rings is 1. The number of aliphatic hydroxyl groups excluding tert-OH is 1. The molecule has 1 aliphatic rings. The van der Waals surface area contributed by atoms with Crippen LogP contribution in [0.15, 0.2) is 18.2 Å². The average Bonchev–Trinajstić information content (AvgIpc) is 2.44. The predicted octanol–water partition coefficient (Wildman–Crippen LogP) is 2.76. The fourth-order valence-corrected chi connectivity index (χ4v) is 3.29. The molecular formula is C16H24Cl2N2O2. The lowest BCUT2D eigenvalue weighted by molar-refractivity contribution is 0.0405. The third kappa shape index (κ3) is 5.00. The molecule has 1 saturated heterocycles. The van der Waals surface area contributed by atoms with E-state index in [2.05, 4.69) is 16.7 Å². The molecule has 2 rings (SSSR count). The van der Waals surface area contributed by atoms with Gasteiger partial charge in [0.2, 0.25) is 0 Å². The van der Waals surface area contributed by atoms with Crippen molar-refractivity contribution in [1.82, 2.24) is 9.80 Å². The largest absolute Gasteiger partial charge is 0.489 e. The van der Waals surface area contributed by atoms with Crippen molar-refractivity contribution < 1.29 is 9.84 Å². The lowest BCUT2D eigenvalue weighted by Gasteiger charge is -2.40. The molecule has 0 radical (unpaired) electrons. The highest BCUT2D eigenvalue weighted by atomic mass is 35.5. The van der Waals surface area contributed by atoms with E-state index < -0.39 is 0 Å². The summed E-state index contributed by atoms with van der Waals surface area (Å²) < 4.78 is 5.74. The zero-order chi connectivity index (χ0) is 16.1. The maximum atomic E-state index is 9.51. The van der Waals surface area contributed by atoms with Crippen molar-refractivity contribution in [2.45, 2.75) is 26.0 Å². The summed E-state index contributed by atoms with van der Waals surface area (Å²) in [6, 6.07) is 5.80. The summed E-state index contributed by atoms with van der Waals surface area (Å²) in [5.41, 5.74) is 0. The van der Waals surface area contributed by atoms with Crippen LogP contribution in [0.4, 0.5) is 0 Å². The number of halogens is 2. The number of nitrogens with zero attached hydrogens (tertiary/aromatic N) is 2. The molecule has 1 aromatic rings. The number of rotatable bonds is 6. The first-order valence-electron chi connectivity index (χ1n) is 7.68. The topological polar surface area (TPSA) is 35.9 Å². The quantitative estimate of drug-likeness (QED) is 0.859. The van der Waals surface area contributed by atoms with Crippen LogP contribution >= 0.6 is 23.2 Å². The van der Waals surface area contributed by atoms with Gasteiger partial charge in [-0.25, -0.2) is 0 Å². The van der Waals surface area contributed by atoms with E-state index in [1.807, 2.05) is 6.92 Å². The molecule has 124 valence electrons. The van der Waals surface area contributed by atoms with Crippen LogP contribution in [0, 0.1) is 0 Å². The summed E-state index contributed by atoms with van der Waals surface area (Å²) in [6.07, 6.45) is -0.278. The minimum Gasteiger partial charge on any atom is -0.489 e. The van der Waals surface area contributed by atoms with Crippen LogP contribution in [-0.2, 0) is 0 Å².